The molecule has 3 atom stereocenters. The van der Waals surface area contributed by atoms with E-state index < -0.39 is 36.4 Å². The van der Waals surface area contributed by atoms with Gasteiger partial charge in [-0.3, -0.25) is 19.3 Å². The van der Waals surface area contributed by atoms with Gasteiger partial charge in [0.2, 0.25) is 11.8 Å². The number of imide groups is 1. The monoisotopic (exact) mass is 592 g/mol. The van der Waals surface area contributed by atoms with Crippen molar-refractivity contribution in [2.45, 2.75) is 24.8 Å². The van der Waals surface area contributed by atoms with Crippen LogP contribution in [0.2, 0.25) is 5.02 Å². The fourth-order valence-corrected chi connectivity index (χ4v) is 6.94. The third-order valence-corrected chi connectivity index (χ3v) is 8.57. The number of carbonyl (C=O) groups is 4. The van der Waals surface area contributed by atoms with E-state index in [-0.39, 0.29) is 23.7 Å². The van der Waals surface area contributed by atoms with Crippen LogP contribution in [0.4, 0.5) is 5.69 Å². The smallest absolute Gasteiger partial charge is 0.329 e. The van der Waals surface area contributed by atoms with Gasteiger partial charge in [-0.1, -0.05) is 76.1 Å². The minimum absolute atomic E-state index is 0.261. The lowest BCUT2D eigenvalue weighted by molar-refractivity contribution is -0.159. The molecule has 0 saturated carbocycles. The lowest BCUT2D eigenvalue weighted by Gasteiger charge is -2.45. The third-order valence-electron chi connectivity index (χ3n) is 7.76. The number of esters is 1. The predicted octanol–water partition coefficient (Wildman–Crippen LogP) is 4.86. The zero-order valence-electron chi connectivity index (χ0n) is 20.2. The van der Waals surface area contributed by atoms with Crippen LogP contribution in [0.3, 0.4) is 0 Å². The number of rotatable bonds is 5. The van der Waals surface area contributed by atoms with Crippen LogP contribution in [-0.2, 0) is 23.9 Å². The van der Waals surface area contributed by atoms with Crippen molar-refractivity contribution in [1.29, 1.82) is 0 Å². The zero-order chi connectivity index (χ0) is 26.7. The van der Waals surface area contributed by atoms with E-state index in [4.69, 9.17) is 16.3 Å². The van der Waals surface area contributed by atoms with Gasteiger partial charge >= 0.3 is 5.97 Å². The summed E-state index contributed by atoms with van der Waals surface area (Å²) < 4.78 is 5.96. The molecule has 0 unspecified atom stereocenters. The molecule has 3 aliphatic carbocycles. The van der Waals surface area contributed by atoms with E-state index in [1.807, 2.05) is 48.5 Å². The number of hydrogen-bond acceptors (Lipinski definition) is 5. The molecule has 4 aliphatic rings. The molecular weight excluding hydrogens is 572 g/mol. The number of anilines is 1. The molecule has 38 heavy (non-hydrogen) atoms. The molecule has 3 aromatic carbocycles. The molecule has 1 aliphatic heterocycles. The SMILES string of the molecule is C[C@@H](C(=O)OCC(=O)Nc1ccc(Br)cc1Cl)N1C(=O)[C@@H]2C3c4ccccc4C(c4ccccc43)[C@@H]2C1=O. The fraction of sp³-hybridized carbons (Fsp3) is 0.241. The Morgan fingerprint density at radius 3 is 1.89 bits per heavy atom. The maximum Gasteiger partial charge on any atom is 0.329 e. The van der Waals surface area contributed by atoms with E-state index in [1.54, 1.807) is 18.2 Å². The summed E-state index contributed by atoms with van der Waals surface area (Å²) >= 11 is 9.42. The van der Waals surface area contributed by atoms with Crippen LogP contribution in [0, 0.1) is 11.8 Å². The number of likely N-dealkylation sites (tertiary alicyclic amines) is 1. The average molecular weight is 594 g/mol. The van der Waals surface area contributed by atoms with Crippen molar-refractivity contribution in [2.75, 3.05) is 11.9 Å². The predicted molar refractivity (Wildman–Crippen MR) is 144 cm³/mol. The normalized spacial score (nSPS) is 23.4. The molecule has 1 fully saturated rings. The number of carbonyl (C=O) groups excluding carboxylic acids is 4. The molecule has 0 radical (unpaired) electrons. The molecule has 192 valence electrons. The number of halogens is 2. The Morgan fingerprint density at radius 1 is 0.921 bits per heavy atom. The Balaban J connectivity index is 1.21. The highest BCUT2D eigenvalue weighted by Crippen LogP contribution is 2.61. The number of nitrogens with zero attached hydrogens (tertiary/aromatic N) is 1. The molecule has 1 N–H and O–H groups in total. The summed E-state index contributed by atoms with van der Waals surface area (Å²) in [5, 5.41) is 2.90. The number of hydrogen-bond donors (Lipinski definition) is 1. The summed E-state index contributed by atoms with van der Waals surface area (Å²) in [4.78, 5) is 53.8. The number of amides is 3. The van der Waals surface area contributed by atoms with Gasteiger partial charge in [-0.2, -0.15) is 0 Å². The molecule has 7 rings (SSSR count). The van der Waals surface area contributed by atoms with Crippen LogP contribution in [0.25, 0.3) is 0 Å². The summed E-state index contributed by atoms with van der Waals surface area (Å²) in [5.74, 6) is -3.88. The van der Waals surface area contributed by atoms with Crippen LogP contribution in [0.1, 0.15) is 41.0 Å². The Bertz CT molecular complexity index is 1410. The Morgan fingerprint density at radius 2 is 1.42 bits per heavy atom. The summed E-state index contributed by atoms with van der Waals surface area (Å²) in [6.45, 7) is 0.877. The van der Waals surface area contributed by atoms with Crippen molar-refractivity contribution in [2.24, 2.45) is 11.8 Å². The molecule has 0 spiro atoms. The molecule has 7 nitrogen and oxygen atoms in total. The lowest BCUT2D eigenvalue weighted by atomic mass is 9.55. The van der Waals surface area contributed by atoms with Gasteiger partial charge in [0, 0.05) is 16.3 Å². The first-order valence-electron chi connectivity index (χ1n) is 12.2. The summed E-state index contributed by atoms with van der Waals surface area (Å²) in [6, 6.07) is 19.7. The van der Waals surface area contributed by atoms with Gasteiger partial charge in [0.15, 0.2) is 6.61 Å². The molecule has 3 amide bonds. The standard InChI is InChI=1S/C29H22BrClN2O5/c1-14(29(37)38-13-22(34)32-21-11-10-15(30)12-20(21)31)33-27(35)25-23-16-6-2-3-7-17(16)24(26(25)28(33)36)19-9-5-4-8-18(19)23/h2-12,14,23-26H,13H2,1H3,(H,32,34)/t14-,23?,24?,25-,26+/m0/s1. The molecule has 1 heterocycles. The van der Waals surface area contributed by atoms with Gasteiger partial charge < -0.3 is 10.1 Å². The van der Waals surface area contributed by atoms with E-state index in [2.05, 4.69) is 21.2 Å². The molecule has 3 aromatic rings. The second-order valence-corrected chi connectivity index (χ2v) is 11.1. The van der Waals surface area contributed by atoms with E-state index in [1.165, 1.54) is 6.92 Å². The average Bonchev–Trinajstić information content (AvgIpc) is 3.18. The van der Waals surface area contributed by atoms with Gasteiger partial charge in [-0.15, -0.1) is 0 Å². The number of benzene rings is 3. The molecule has 9 heteroatoms. The second kappa shape index (κ2) is 9.36. The number of ether oxygens (including phenoxy) is 1. The van der Waals surface area contributed by atoms with E-state index in [9.17, 15) is 19.2 Å². The lowest BCUT2D eigenvalue weighted by Crippen LogP contribution is -2.45. The first kappa shape index (κ1) is 24.8. The highest BCUT2D eigenvalue weighted by atomic mass is 79.9. The van der Waals surface area contributed by atoms with Crippen molar-refractivity contribution >= 4 is 56.9 Å². The zero-order valence-corrected chi connectivity index (χ0v) is 22.5. The van der Waals surface area contributed by atoms with Crippen LogP contribution in [0.5, 0.6) is 0 Å². The van der Waals surface area contributed by atoms with Crippen LogP contribution < -0.4 is 5.32 Å². The maximum absolute atomic E-state index is 13.7. The van der Waals surface area contributed by atoms with Gasteiger partial charge in [0.1, 0.15) is 6.04 Å². The van der Waals surface area contributed by atoms with Crippen LogP contribution >= 0.6 is 27.5 Å². The molecule has 1 saturated heterocycles. The minimum Gasteiger partial charge on any atom is -0.454 e. The first-order valence-corrected chi connectivity index (χ1v) is 13.4. The van der Waals surface area contributed by atoms with Crippen LogP contribution in [0.15, 0.2) is 71.2 Å². The van der Waals surface area contributed by atoms with Gasteiger partial charge in [0.05, 0.1) is 22.5 Å². The second-order valence-electron chi connectivity index (χ2n) is 9.77. The summed E-state index contributed by atoms with van der Waals surface area (Å²) in [6.07, 6.45) is 0. The molecule has 0 aromatic heterocycles. The fourth-order valence-electron chi connectivity index (χ4n) is 6.22. The van der Waals surface area contributed by atoms with Gasteiger partial charge in [-0.25, -0.2) is 4.79 Å². The van der Waals surface area contributed by atoms with Crippen LogP contribution in [-0.4, -0.2) is 41.2 Å². The number of nitrogens with one attached hydrogen (secondary N) is 1. The summed E-state index contributed by atoms with van der Waals surface area (Å²) in [5.41, 5.74) is 4.59. The van der Waals surface area contributed by atoms with E-state index in [0.717, 1.165) is 31.6 Å². The maximum atomic E-state index is 13.7. The van der Waals surface area contributed by atoms with Crippen molar-refractivity contribution < 1.29 is 23.9 Å². The molecule has 2 bridgehead atoms. The van der Waals surface area contributed by atoms with Gasteiger partial charge in [-0.05, 0) is 47.4 Å². The highest BCUT2D eigenvalue weighted by molar-refractivity contribution is 9.10. The molecular formula is C29H22BrClN2O5. The topological polar surface area (TPSA) is 92.8 Å². The van der Waals surface area contributed by atoms with E-state index in [0.29, 0.717) is 10.7 Å². The van der Waals surface area contributed by atoms with Crippen molar-refractivity contribution in [1.82, 2.24) is 4.90 Å². The minimum atomic E-state index is -1.17. The van der Waals surface area contributed by atoms with Crippen molar-refractivity contribution in [3.05, 3.63) is 98.5 Å². The van der Waals surface area contributed by atoms with Gasteiger partial charge in [0.25, 0.3) is 5.91 Å². The highest BCUT2D eigenvalue weighted by Gasteiger charge is 2.62. The Kier molecular flexibility index (Phi) is 6.12. The van der Waals surface area contributed by atoms with Crippen molar-refractivity contribution in [3.63, 3.8) is 0 Å². The van der Waals surface area contributed by atoms with Crippen molar-refractivity contribution in [3.8, 4) is 0 Å². The Labute approximate surface area is 232 Å². The Hall–Kier alpha value is -3.49. The quantitative estimate of drug-likeness (QED) is 0.337. The largest absolute Gasteiger partial charge is 0.454 e. The first-order chi connectivity index (χ1) is 18.3. The summed E-state index contributed by atoms with van der Waals surface area (Å²) in [7, 11) is 0. The van der Waals surface area contributed by atoms with E-state index >= 15 is 0 Å². The third kappa shape index (κ3) is 3.77.